The number of ether oxygens (including phenoxy) is 1. The summed E-state index contributed by atoms with van der Waals surface area (Å²) in [5.74, 6) is 3.23. The van der Waals surface area contributed by atoms with Gasteiger partial charge in [0.15, 0.2) is 0 Å². The topological polar surface area (TPSA) is 57.7 Å². The molecule has 3 aromatic rings. The van der Waals surface area contributed by atoms with Crippen LogP contribution < -0.4 is 15.0 Å². The van der Waals surface area contributed by atoms with Crippen LogP contribution in [0.3, 0.4) is 0 Å². The lowest BCUT2D eigenvalue weighted by Crippen LogP contribution is -2.51. The van der Waals surface area contributed by atoms with E-state index < -0.39 is 0 Å². The molecule has 1 aromatic heterocycles. The van der Waals surface area contributed by atoms with Crippen molar-refractivity contribution in [2.24, 2.45) is 23.2 Å². The minimum atomic E-state index is -0.198. The molecule has 4 bridgehead atoms. The van der Waals surface area contributed by atoms with Crippen LogP contribution in [0.1, 0.15) is 74.3 Å². The molecule has 4 saturated carbocycles. The van der Waals surface area contributed by atoms with Crippen molar-refractivity contribution in [1.82, 2.24) is 15.2 Å². The number of hydrogen-bond donors (Lipinski definition) is 1. The standard InChI is InChI=1S/C37H45FN4O2/c1-3-44-33-17-31(22-39-23-33)30-6-9-34(35(38)18-30)25(2)41-10-12-42(13-11-41)32-7-4-29(5-8-32)36(43)40-24-37-19-26-14-27(20-37)16-28(15-26)21-37/h4-9,17-18,22-23,25-28H,3,10-16,19-21,24H2,1-2H3,(H,40,43). The minimum absolute atomic E-state index is 0.0286. The second kappa shape index (κ2) is 12.2. The number of anilines is 1. The number of rotatable bonds is 9. The van der Waals surface area contributed by atoms with E-state index in [4.69, 9.17) is 4.74 Å². The molecule has 1 atom stereocenters. The Morgan fingerprint density at radius 1 is 0.955 bits per heavy atom. The van der Waals surface area contributed by atoms with Crippen LogP contribution in [0, 0.1) is 29.0 Å². The molecule has 1 amide bonds. The van der Waals surface area contributed by atoms with Crippen molar-refractivity contribution < 1.29 is 13.9 Å². The smallest absolute Gasteiger partial charge is 0.251 e. The van der Waals surface area contributed by atoms with Gasteiger partial charge >= 0.3 is 0 Å². The third-order valence-electron chi connectivity index (χ3n) is 11.0. The van der Waals surface area contributed by atoms with Crippen molar-refractivity contribution in [3.63, 3.8) is 0 Å². The van der Waals surface area contributed by atoms with Gasteiger partial charge < -0.3 is 15.0 Å². The van der Waals surface area contributed by atoms with Crippen LogP contribution in [0.4, 0.5) is 10.1 Å². The molecule has 0 spiro atoms. The van der Waals surface area contributed by atoms with Gasteiger partial charge in [0.1, 0.15) is 11.6 Å². The van der Waals surface area contributed by atoms with Crippen molar-refractivity contribution in [2.45, 2.75) is 58.4 Å². The van der Waals surface area contributed by atoms with E-state index in [0.29, 0.717) is 23.3 Å². The first-order chi connectivity index (χ1) is 21.4. The predicted molar refractivity (Wildman–Crippen MR) is 172 cm³/mol. The third-order valence-corrected chi connectivity index (χ3v) is 11.0. The molecule has 2 aromatic carbocycles. The van der Waals surface area contributed by atoms with Crippen LogP contribution in [-0.2, 0) is 0 Å². The zero-order valence-electron chi connectivity index (χ0n) is 26.1. The fraction of sp³-hybridized carbons (Fsp3) is 0.514. The Balaban J connectivity index is 0.922. The van der Waals surface area contributed by atoms with Gasteiger partial charge in [-0.1, -0.05) is 12.1 Å². The predicted octanol–water partition coefficient (Wildman–Crippen LogP) is 7.12. The van der Waals surface area contributed by atoms with Crippen LogP contribution in [0.2, 0.25) is 0 Å². The van der Waals surface area contributed by atoms with Crippen LogP contribution >= 0.6 is 0 Å². The lowest BCUT2D eigenvalue weighted by molar-refractivity contribution is -0.0503. The number of hydrogen-bond acceptors (Lipinski definition) is 5. The molecule has 1 aliphatic heterocycles. The molecule has 4 aliphatic carbocycles. The molecule has 8 rings (SSSR count). The maximum Gasteiger partial charge on any atom is 0.251 e. The van der Waals surface area contributed by atoms with Crippen molar-refractivity contribution >= 4 is 11.6 Å². The van der Waals surface area contributed by atoms with Gasteiger partial charge in [0.05, 0.1) is 12.8 Å². The highest BCUT2D eigenvalue weighted by molar-refractivity contribution is 5.94. The molecule has 5 fully saturated rings. The van der Waals surface area contributed by atoms with Gasteiger partial charge in [-0.2, -0.15) is 0 Å². The number of amides is 1. The molecule has 44 heavy (non-hydrogen) atoms. The fourth-order valence-corrected chi connectivity index (χ4v) is 9.13. The zero-order chi connectivity index (χ0) is 30.3. The lowest BCUT2D eigenvalue weighted by Gasteiger charge is -2.56. The summed E-state index contributed by atoms with van der Waals surface area (Å²) >= 11 is 0. The minimum Gasteiger partial charge on any atom is -0.492 e. The molecule has 232 valence electrons. The summed E-state index contributed by atoms with van der Waals surface area (Å²) in [6, 6.07) is 15.4. The number of carbonyl (C=O) groups excluding carboxylic acids is 1. The Bertz CT molecular complexity index is 1450. The average Bonchev–Trinajstić information content (AvgIpc) is 3.03. The van der Waals surface area contributed by atoms with Gasteiger partial charge in [-0.05, 0) is 118 Å². The van der Waals surface area contributed by atoms with E-state index in [9.17, 15) is 4.79 Å². The largest absolute Gasteiger partial charge is 0.492 e. The Labute approximate surface area is 261 Å². The van der Waals surface area contributed by atoms with Crippen molar-refractivity contribution in [1.29, 1.82) is 0 Å². The molecule has 2 heterocycles. The highest BCUT2D eigenvalue weighted by atomic mass is 19.1. The van der Waals surface area contributed by atoms with Gasteiger partial charge in [-0.25, -0.2) is 4.39 Å². The zero-order valence-corrected chi connectivity index (χ0v) is 26.1. The Kier molecular flexibility index (Phi) is 8.08. The molecular formula is C37H45FN4O2. The van der Waals surface area contributed by atoms with Gasteiger partial charge in [0, 0.05) is 67.3 Å². The molecule has 1 unspecified atom stereocenters. The summed E-state index contributed by atoms with van der Waals surface area (Å²) in [4.78, 5) is 22.0. The second-order valence-electron chi connectivity index (χ2n) is 13.9. The quantitative estimate of drug-likeness (QED) is 0.285. The first kappa shape index (κ1) is 29.3. The SMILES string of the molecule is CCOc1cncc(-c2ccc(C(C)N3CCN(c4ccc(C(=O)NCC56CC7CC(CC(C7)C5)C6)cc4)CC3)c(F)c2)c1. The summed E-state index contributed by atoms with van der Waals surface area (Å²) in [5.41, 5.74) is 4.56. The average molecular weight is 597 g/mol. The summed E-state index contributed by atoms with van der Waals surface area (Å²) in [5, 5.41) is 3.31. The maximum absolute atomic E-state index is 15.4. The highest BCUT2D eigenvalue weighted by Crippen LogP contribution is 2.59. The Hall–Kier alpha value is -3.45. The third kappa shape index (κ3) is 5.95. The van der Waals surface area contributed by atoms with E-state index in [2.05, 4.69) is 39.2 Å². The first-order valence-electron chi connectivity index (χ1n) is 16.6. The van der Waals surface area contributed by atoms with E-state index in [-0.39, 0.29) is 17.8 Å². The number of benzene rings is 2. The van der Waals surface area contributed by atoms with E-state index >= 15 is 4.39 Å². The summed E-state index contributed by atoms with van der Waals surface area (Å²) in [7, 11) is 0. The number of nitrogens with zero attached hydrogens (tertiary/aromatic N) is 3. The monoisotopic (exact) mass is 596 g/mol. The Morgan fingerprint density at radius 2 is 1.64 bits per heavy atom. The normalized spacial score (nSPS) is 26.9. The lowest BCUT2D eigenvalue weighted by atomic mass is 9.49. The van der Waals surface area contributed by atoms with Crippen LogP contribution in [0.25, 0.3) is 11.1 Å². The van der Waals surface area contributed by atoms with Crippen molar-refractivity contribution in [2.75, 3.05) is 44.2 Å². The van der Waals surface area contributed by atoms with Crippen molar-refractivity contribution in [3.8, 4) is 16.9 Å². The van der Waals surface area contributed by atoms with Crippen LogP contribution in [0.15, 0.2) is 60.9 Å². The molecule has 7 heteroatoms. The molecule has 6 nitrogen and oxygen atoms in total. The van der Waals surface area contributed by atoms with E-state index in [1.54, 1.807) is 18.5 Å². The second-order valence-corrected chi connectivity index (χ2v) is 13.9. The first-order valence-corrected chi connectivity index (χ1v) is 16.6. The summed E-state index contributed by atoms with van der Waals surface area (Å²) in [6.07, 6.45) is 11.6. The molecule has 1 N–H and O–H groups in total. The Morgan fingerprint density at radius 3 is 2.27 bits per heavy atom. The maximum atomic E-state index is 15.4. The number of aromatic nitrogens is 1. The number of carbonyl (C=O) groups is 1. The van der Waals surface area contributed by atoms with E-state index in [1.807, 2.05) is 37.3 Å². The molecule has 5 aliphatic rings. The van der Waals surface area contributed by atoms with Gasteiger partial charge in [0.2, 0.25) is 0 Å². The number of halogens is 1. The van der Waals surface area contributed by atoms with E-state index in [0.717, 1.165) is 72.9 Å². The van der Waals surface area contributed by atoms with Crippen molar-refractivity contribution in [3.05, 3.63) is 77.9 Å². The fourth-order valence-electron chi connectivity index (χ4n) is 9.13. The summed E-state index contributed by atoms with van der Waals surface area (Å²) in [6.45, 7) is 8.82. The molecule has 0 radical (unpaired) electrons. The summed E-state index contributed by atoms with van der Waals surface area (Å²) < 4.78 is 20.9. The van der Waals surface area contributed by atoms with Gasteiger partial charge in [-0.15, -0.1) is 0 Å². The molecular weight excluding hydrogens is 551 g/mol. The number of piperazine rings is 1. The number of pyridine rings is 1. The van der Waals surface area contributed by atoms with Crippen LogP contribution in [0.5, 0.6) is 5.75 Å². The van der Waals surface area contributed by atoms with Crippen LogP contribution in [-0.4, -0.2) is 55.1 Å². The highest BCUT2D eigenvalue weighted by Gasteiger charge is 2.50. The number of nitrogens with one attached hydrogen (secondary N) is 1. The van der Waals surface area contributed by atoms with Gasteiger partial charge in [-0.3, -0.25) is 14.7 Å². The van der Waals surface area contributed by atoms with Gasteiger partial charge in [0.25, 0.3) is 5.91 Å². The van der Waals surface area contributed by atoms with E-state index in [1.165, 1.54) is 38.5 Å². The molecule has 1 saturated heterocycles.